The number of rotatable bonds is 0. The van der Waals surface area contributed by atoms with Crippen molar-refractivity contribution >= 4 is 22.7 Å². The number of aromatic nitrogens is 9. The van der Waals surface area contributed by atoms with Gasteiger partial charge in [0.1, 0.15) is 28.9 Å². The van der Waals surface area contributed by atoms with E-state index in [4.69, 9.17) is 13.8 Å². The summed E-state index contributed by atoms with van der Waals surface area (Å²) < 4.78 is 11.4. The Morgan fingerprint density at radius 2 is 0.562 bits per heavy atom. The Morgan fingerprint density at radius 3 is 0.781 bits per heavy atom. The summed E-state index contributed by atoms with van der Waals surface area (Å²) in [5.74, 6) is 5.34. The molecule has 13 heteroatoms. The second-order valence-corrected chi connectivity index (χ2v) is 65.4. The van der Waals surface area contributed by atoms with E-state index in [1.54, 1.807) is 0 Å². The van der Waals surface area contributed by atoms with Crippen molar-refractivity contribution in [1.82, 2.24) is 44.9 Å². The first-order valence-electron chi connectivity index (χ1n) is 54.1. The van der Waals surface area contributed by atoms with Crippen LogP contribution >= 0.6 is 22.7 Å². The zero-order valence-corrected chi connectivity index (χ0v) is 109. The summed E-state index contributed by atoms with van der Waals surface area (Å²) in [5, 5.41) is 2.29. The fourth-order valence-electron chi connectivity index (χ4n) is 13.1. The molecule has 0 fully saturated rings. The second-order valence-electron chi connectivity index (χ2n) is 63.4. The fraction of sp³-hybridized carbons (Fsp3) is 0.662. The summed E-state index contributed by atoms with van der Waals surface area (Å²) >= 11 is 3.83. The van der Waals surface area contributed by atoms with E-state index < -0.39 is 0 Å². The largest absolute Gasteiger partial charge is 0.468 e. The average Bonchev–Trinajstić information content (AvgIpc) is 1.66. The highest BCUT2D eigenvalue weighted by Crippen LogP contribution is 2.41. The Kier molecular flexibility index (Phi) is 46.6. The van der Waals surface area contributed by atoms with Gasteiger partial charge in [-0.1, -0.05) is 469 Å². The van der Waals surface area contributed by atoms with Crippen LogP contribution in [0.4, 0.5) is 0 Å². The van der Waals surface area contributed by atoms with Crippen LogP contribution in [0.3, 0.4) is 0 Å². The van der Waals surface area contributed by atoms with Crippen LogP contribution in [0.25, 0.3) is 0 Å². The summed E-state index contributed by atoms with van der Waals surface area (Å²) in [6.45, 7) is 146. The molecule has 11 aromatic rings. The minimum Gasteiger partial charge on any atom is -0.468 e. The highest BCUT2D eigenvalue weighted by Gasteiger charge is 2.32. The smallest absolute Gasteiger partial charge is 0.111 e. The van der Waals surface area contributed by atoms with Crippen LogP contribution in [0.2, 0.25) is 0 Å². The third-order valence-corrected chi connectivity index (χ3v) is 27.9. The number of hydrogen-bond donors (Lipinski definition) is 4. The zero-order valence-electron chi connectivity index (χ0n) is 107. The molecule has 826 valence electrons. The molecule has 0 aliphatic heterocycles. The Balaban J connectivity index is 0.000000803. The maximum atomic E-state index is 5.81. The predicted molar refractivity (Wildman–Crippen MR) is 649 cm³/mol. The van der Waals surface area contributed by atoms with Crippen LogP contribution in [-0.4, -0.2) is 44.9 Å². The standard InChI is InChI=1S/3C13H21N.2C12H21N.2C12H20O.2C12H20S.2C11H20N2/c1-12(2,3)10-7-11(9-14-8-10)13(4,5)6;1-12(2,3)10-7-8-14-11(9-10)13(4,5)6;1-12(2,3)10-8-7-9-11(14-10)13(4,5)6;1-11(2,3)9-7-10(13-8-9)12(4,5)6;1-11(2,3)9-7-8-10(13-9)12(4,5)6;1-11(2,3)9-7-10(13-8-9)12(4,5)6;1-11(2,3)9-7-8-10(13-9)12(4,5)6;1-11(2,3)9-7-10(13-8-9)12(4,5)6;1-11(2,3)9-7-8-10(13-9)12(4,5)6;2*1-10(2,3)8-7-12-9(13-8)11(4,5)6/h3*7-9H,1-6H3;2*7-8,13H,1-6H3;4*7-8H,1-6H3;2*7H,1-6H3,(H,12,13). The monoisotopic (exact) mass is 2040 g/mol. The topological polar surface area (TPSA) is 154 Å². The second kappa shape index (κ2) is 49.9. The van der Waals surface area contributed by atoms with Gasteiger partial charge in [0.2, 0.25) is 0 Å². The molecule has 0 saturated heterocycles. The molecule has 0 atom stereocenters. The van der Waals surface area contributed by atoms with Crippen LogP contribution in [-0.2, 0) is 119 Å². The molecule has 146 heavy (non-hydrogen) atoms. The number of thiophene rings is 2. The van der Waals surface area contributed by atoms with E-state index in [0.29, 0.717) is 21.7 Å². The average molecular weight is 2050 g/mol. The Morgan fingerprint density at radius 1 is 0.226 bits per heavy atom. The molecule has 11 aromatic heterocycles. The van der Waals surface area contributed by atoms with Crippen molar-refractivity contribution in [3.63, 3.8) is 0 Å². The summed E-state index contributed by atoms with van der Waals surface area (Å²) in [6.07, 6.45) is 13.7. The molecular weight excluding hydrogens is 1820 g/mol. The van der Waals surface area contributed by atoms with E-state index >= 15 is 0 Å². The number of H-pyrrole nitrogens is 4. The van der Waals surface area contributed by atoms with Gasteiger partial charge in [-0.25, -0.2) is 9.97 Å². The maximum absolute atomic E-state index is 5.81. The summed E-state index contributed by atoms with van der Waals surface area (Å²) in [5.41, 5.74) is 22.2. The lowest BCUT2D eigenvalue weighted by Crippen LogP contribution is -2.19. The number of furan rings is 2. The van der Waals surface area contributed by atoms with Crippen molar-refractivity contribution in [3.05, 3.63) is 262 Å². The van der Waals surface area contributed by atoms with Crippen molar-refractivity contribution < 1.29 is 8.83 Å². The lowest BCUT2D eigenvalue weighted by atomic mass is 9.82. The van der Waals surface area contributed by atoms with Crippen LogP contribution < -0.4 is 0 Å². The molecule has 11 heterocycles. The lowest BCUT2D eigenvalue weighted by Gasteiger charge is -2.23. The van der Waals surface area contributed by atoms with Gasteiger partial charge in [0, 0.05) is 168 Å². The van der Waals surface area contributed by atoms with Crippen molar-refractivity contribution in [2.75, 3.05) is 0 Å². The first-order chi connectivity index (χ1) is 64.3. The molecule has 0 bridgehead atoms. The Labute approximate surface area is 908 Å². The summed E-state index contributed by atoms with van der Waals surface area (Å²) in [4.78, 5) is 40.3. The molecule has 4 N–H and O–H groups in total. The maximum Gasteiger partial charge on any atom is 0.111 e. The third kappa shape index (κ3) is 48.8. The molecular formula is C133H225N9O2S2. The van der Waals surface area contributed by atoms with Gasteiger partial charge in [-0.2, -0.15) is 0 Å². The zero-order chi connectivity index (χ0) is 115. The van der Waals surface area contributed by atoms with Crippen LogP contribution in [0.1, 0.15) is 579 Å². The van der Waals surface area contributed by atoms with E-state index in [1.165, 1.54) is 93.6 Å². The Hall–Kier alpha value is -7.61. The molecule has 0 aromatic carbocycles. The lowest BCUT2D eigenvalue weighted by molar-refractivity contribution is 0.344. The first-order valence-corrected chi connectivity index (χ1v) is 55.8. The van der Waals surface area contributed by atoms with Crippen LogP contribution in [0, 0.1) is 0 Å². The van der Waals surface area contributed by atoms with Gasteiger partial charge in [0.25, 0.3) is 0 Å². The van der Waals surface area contributed by atoms with Gasteiger partial charge in [-0.05, 0) is 166 Å². The highest BCUT2D eigenvalue weighted by molar-refractivity contribution is 7.12. The first kappa shape index (κ1) is 136. The molecule has 0 spiro atoms. The molecule has 0 radical (unpaired) electrons. The van der Waals surface area contributed by atoms with Gasteiger partial charge < -0.3 is 28.8 Å². The highest BCUT2D eigenvalue weighted by atomic mass is 32.1. The molecule has 0 aliphatic carbocycles. The third-order valence-electron chi connectivity index (χ3n) is 24.6. The number of pyridine rings is 3. The van der Waals surface area contributed by atoms with Gasteiger partial charge in [-0.15, -0.1) is 22.7 Å². The number of hydrogen-bond acceptors (Lipinski definition) is 9. The number of aromatic amines is 4. The summed E-state index contributed by atoms with van der Waals surface area (Å²) in [7, 11) is 0. The Bertz CT molecular complexity index is 4410. The van der Waals surface area contributed by atoms with E-state index in [0.717, 1.165) is 28.9 Å². The molecule has 0 unspecified atom stereocenters. The van der Waals surface area contributed by atoms with Gasteiger partial charge >= 0.3 is 0 Å². The fourth-order valence-corrected chi connectivity index (χ4v) is 15.4. The quantitative estimate of drug-likeness (QED) is 0.118. The van der Waals surface area contributed by atoms with Gasteiger partial charge in [-0.3, -0.25) is 15.0 Å². The SMILES string of the molecule is CC(C)(C)c1c[nH]c(C(C)(C)C)c1.CC(C)(C)c1ccc(C(C)(C)C)[nH]1.CC(C)(C)c1ccc(C(C)(C)C)o1.CC(C)(C)c1ccc(C(C)(C)C)s1.CC(C)(C)c1cccc(C(C)(C)C)n1.CC(C)(C)c1ccnc(C(C)(C)C)c1.CC(C)(C)c1cnc(C(C)(C)C)[nH]1.CC(C)(C)c1cnc(C(C)(C)C)[nH]1.CC(C)(C)c1cncc(C(C)(C)C)c1.CC(C)(C)c1coc(C(C)(C)C)c1.CC(C)(C)c1csc(C(C)(C)C)c1. The van der Waals surface area contributed by atoms with E-state index in [9.17, 15) is 0 Å². The summed E-state index contributed by atoms with van der Waals surface area (Å²) in [6, 6.07) is 32.8. The van der Waals surface area contributed by atoms with Gasteiger partial charge in [0.15, 0.2) is 0 Å². The van der Waals surface area contributed by atoms with Gasteiger partial charge in [0.05, 0.1) is 6.26 Å². The van der Waals surface area contributed by atoms with Crippen molar-refractivity contribution in [2.45, 2.75) is 576 Å². The van der Waals surface area contributed by atoms with Crippen molar-refractivity contribution in [1.29, 1.82) is 0 Å². The number of nitrogens with zero attached hydrogens (tertiary/aromatic N) is 5. The van der Waals surface area contributed by atoms with Crippen molar-refractivity contribution in [3.8, 4) is 0 Å². The van der Waals surface area contributed by atoms with Crippen LogP contribution in [0.15, 0.2) is 149 Å². The predicted octanol–water partition coefficient (Wildman–Crippen LogP) is 40.7. The number of imidazole rings is 2. The van der Waals surface area contributed by atoms with E-state index in [1.807, 2.05) is 59.9 Å². The molecule has 11 rings (SSSR count). The molecule has 0 saturated carbocycles. The minimum absolute atomic E-state index is 0.115. The van der Waals surface area contributed by atoms with E-state index in [2.05, 4.69) is 599 Å². The normalized spacial score (nSPS) is 13.3. The number of nitrogens with one attached hydrogen (secondary N) is 4. The van der Waals surface area contributed by atoms with E-state index in [-0.39, 0.29) is 97.5 Å². The molecule has 11 nitrogen and oxygen atoms in total. The van der Waals surface area contributed by atoms with Crippen molar-refractivity contribution in [2.24, 2.45) is 0 Å². The molecule has 0 amide bonds. The van der Waals surface area contributed by atoms with Crippen LogP contribution in [0.5, 0.6) is 0 Å². The minimum atomic E-state index is 0.115. The molecule has 0 aliphatic rings.